The number of alkyl halides is 1. The lowest BCUT2D eigenvalue weighted by Gasteiger charge is -2.29. The van der Waals surface area contributed by atoms with Gasteiger partial charge < -0.3 is 0 Å². The van der Waals surface area contributed by atoms with E-state index in [0.29, 0.717) is 5.41 Å². The molecule has 17 heavy (non-hydrogen) atoms. The summed E-state index contributed by atoms with van der Waals surface area (Å²) in [5.41, 5.74) is 3.21. The number of hydrogen-bond donors (Lipinski definition) is 0. The summed E-state index contributed by atoms with van der Waals surface area (Å²) in [6.07, 6.45) is 2.49. The highest BCUT2D eigenvalue weighted by Crippen LogP contribution is 2.36. The Kier molecular flexibility index (Phi) is 6.08. The number of hydrogen-bond acceptors (Lipinski definition) is 1. The van der Waals surface area contributed by atoms with Crippen LogP contribution in [0.5, 0.6) is 0 Å². The minimum Gasteiger partial charge on any atom is -0.125 e. The van der Waals surface area contributed by atoms with Crippen molar-refractivity contribution in [3.63, 3.8) is 0 Å². The molecule has 1 rings (SSSR count). The van der Waals surface area contributed by atoms with E-state index in [2.05, 4.69) is 61.8 Å². The zero-order chi connectivity index (χ0) is 12.9. The maximum Gasteiger partial charge on any atom is 0.0102 e. The van der Waals surface area contributed by atoms with Crippen molar-refractivity contribution in [2.24, 2.45) is 5.41 Å². The Balaban J connectivity index is 2.72. The largest absolute Gasteiger partial charge is 0.125 e. The van der Waals surface area contributed by atoms with Gasteiger partial charge in [-0.25, -0.2) is 0 Å². The molecule has 0 saturated heterocycles. The molecular formula is C15H23BrS. The van der Waals surface area contributed by atoms with Crippen molar-refractivity contribution in [2.45, 2.75) is 45.4 Å². The molecule has 0 aliphatic rings. The van der Waals surface area contributed by atoms with E-state index in [9.17, 15) is 0 Å². The first-order chi connectivity index (χ1) is 8.06. The van der Waals surface area contributed by atoms with E-state index >= 15 is 0 Å². The van der Waals surface area contributed by atoms with Gasteiger partial charge in [-0.05, 0) is 43.7 Å². The van der Waals surface area contributed by atoms with E-state index in [0.717, 1.165) is 5.33 Å². The van der Waals surface area contributed by atoms with E-state index < -0.39 is 0 Å². The van der Waals surface area contributed by atoms with Crippen molar-refractivity contribution >= 4 is 27.7 Å². The molecule has 1 aromatic carbocycles. The molecule has 0 unspecified atom stereocenters. The fourth-order valence-corrected chi connectivity index (χ4v) is 4.55. The Hall–Kier alpha value is 0.0500. The molecule has 0 saturated carbocycles. The highest BCUT2D eigenvalue weighted by molar-refractivity contribution is 9.09. The SMILES string of the molecule is CCC(CC)(CBr)CSc1ccc(C)cc1C. The first kappa shape index (κ1) is 15.1. The van der Waals surface area contributed by atoms with Gasteiger partial charge in [-0.3, -0.25) is 0 Å². The summed E-state index contributed by atoms with van der Waals surface area (Å²) in [6.45, 7) is 8.96. The predicted octanol–water partition coefficient (Wildman–Crippen LogP) is 5.60. The van der Waals surface area contributed by atoms with Gasteiger partial charge in [-0.15, -0.1) is 11.8 Å². The van der Waals surface area contributed by atoms with Crippen LogP contribution in [0, 0.1) is 19.3 Å². The van der Waals surface area contributed by atoms with Crippen LogP contribution in [-0.4, -0.2) is 11.1 Å². The second kappa shape index (κ2) is 6.84. The van der Waals surface area contributed by atoms with E-state index in [1.165, 1.54) is 34.6 Å². The molecule has 96 valence electrons. The van der Waals surface area contributed by atoms with Crippen molar-refractivity contribution in [1.82, 2.24) is 0 Å². The Morgan fingerprint density at radius 2 is 1.82 bits per heavy atom. The zero-order valence-electron chi connectivity index (χ0n) is 11.3. The topological polar surface area (TPSA) is 0 Å². The molecule has 0 radical (unpaired) electrons. The van der Waals surface area contributed by atoms with Gasteiger partial charge in [-0.1, -0.05) is 47.5 Å². The maximum atomic E-state index is 3.68. The van der Waals surface area contributed by atoms with Crippen LogP contribution >= 0.6 is 27.7 Å². The lowest BCUT2D eigenvalue weighted by atomic mass is 9.87. The molecule has 0 heterocycles. The fourth-order valence-electron chi connectivity index (χ4n) is 1.87. The van der Waals surface area contributed by atoms with Crippen LogP contribution in [0.3, 0.4) is 0 Å². The second-order valence-electron chi connectivity index (χ2n) is 4.90. The standard InChI is InChI=1S/C15H23BrS/c1-5-15(6-2,10-16)11-17-14-8-7-12(3)9-13(14)4/h7-9H,5-6,10-11H2,1-4H3. The molecule has 0 atom stereocenters. The lowest BCUT2D eigenvalue weighted by Crippen LogP contribution is -2.23. The van der Waals surface area contributed by atoms with Gasteiger partial charge in [0.05, 0.1) is 0 Å². The predicted molar refractivity (Wildman–Crippen MR) is 83.4 cm³/mol. The summed E-state index contributed by atoms with van der Waals surface area (Å²) in [4.78, 5) is 1.43. The number of rotatable bonds is 6. The van der Waals surface area contributed by atoms with Gasteiger partial charge in [0.25, 0.3) is 0 Å². The first-order valence-electron chi connectivity index (χ1n) is 6.33. The number of thioether (sulfide) groups is 1. The molecule has 0 N–H and O–H groups in total. The maximum absolute atomic E-state index is 3.68. The Morgan fingerprint density at radius 3 is 2.29 bits per heavy atom. The molecule has 0 spiro atoms. The van der Waals surface area contributed by atoms with Crippen LogP contribution < -0.4 is 0 Å². The van der Waals surface area contributed by atoms with Crippen LogP contribution in [0.25, 0.3) is 0 Å². The average molecular weight is 315 g/mol. The smallest absolute Gasteiger partial charge is 0.0102 e. The molecule has 0 amide bonds. The van der Waals surface area contributed by atoms with Gasteiger partial charge in [0.15, 0.2) is 0 Å². The van der Waals surface area contributed by atoms with Crippen molar-refractivity contribution in [3.05, 3.63) is 29.3 Å². The molecule has 0 aliphatic carbocycles. The molecule has 2 heteroatoms. The minimum absolute atomic E-state index is 0.446. The summed E-state index contributed by atoms with van der Waals surface area (Å²) in [6, 6.07) is 6.75. The van der Waals surface area contributed by atoms with E-state index in [1.54, 1.807) is 0 Å². The van der Waals surface area contributed by atoms with Crippen molar-refractivity contribution in [3.8, 4) is 0 Å². The molecule has 0 bridgehead atoms. The third-order valence-electron chi connectivity index (χ3n) is 3.65. The first-order valence-corrected chi connectivity index (χ1v) is 8.43. The van der Waals surface area contributed by atoms with Gasteiger partial charge in [0, 0.05) is 16.0 Å². The lowest BCUT2D eigenvalue weighted by molar-refractivity contribution is 0.359. The van der Waals surface area contributed by atoms with Crippen LogP contribution in [0.4, 0.5) is 0 Å². The third kappa shape index (κ3) is 4.03. The average Bonchev–Trinajstić information content (AvgIpc) is 2.33. The molecule has 0 fully saturated rings. The fraction of sp³-hybridized carbons (Fsp3) is 0.600. The van der Waals surface area contributed by atoms with Crippen LogP contribution in [0.2, 0.25) is 0 Å². The third-order valence-corrected chi connectivity index (χ3v) is 6.36. The van der Waals surface area contributed by atoms with Gasteiger partial charge in [0.1, 0.15) is 0 Å². The number of halogens is 1. The Bertz CT molecular complexity index is 348. The van der Waals surface area contributed by atoms with Gasteiger partial charge in [-0.2, -0.15) is 0 Å². The Labute approximate surface area is 119 Å². The number of aryl methyl sites for hydroxylation is 2. The molecule has 0 nitrogen and oxygen atoms in total. The molecule has 0 aromatic heterocycles. The van der Waals surface area contributed by atoms with Crippen molar-refractivity contribution in [1.29, 1.82) is 0 Å². The quantitative estimate of drug-likeness (QED) is 0.486. The second-order valence-corrected chi connectivity index (χ2v) is 6.48. The molecule has 0 aliphatic heterocycles. The summed E-state index contributed by atoms with van der Waals surface area (Å²) in [5, 5.41) is 1.10. The van der Waals surface area contributed by atoms with Crippen LogP contribution in [-0.2, 0) is 0 Å². The molecular weight excluding hydrogens is 292 g/mol. The normalized spacial score (nSPS) is 11.8. The summed E-state index contributed by atoms with van der Waals surface area (Å²) >= 11 is 5.69. The highest BCUT2D eigenvalue weighted by atomic mass is 79.9. The summed E-state index contributed by atoms with van der Waals surface area (Å²) < 4.78 is 0. The summed E-state index contributed by atoms with van der Waals surface area (Å²) in [7, 11) is 0. The van der Waals surface area contributed by atoms with E-state index in [4.69, 9.17) is 0 Å². The minimum atomic E-state index is 0.446. The highest BCUT2D eigenvalue weighted by Gasteiger charge is 2.25. The van der Waals surface area contributed by atoms with Crippen LogP contribution in [0.1, 0.15) is 37.8 Å². The van der Waals surface area contributed by atoms with E-state index in [-0.39, 0.29) is 0 Å². The zero-order valence-corrected chi connectivity index (χ0v) is 13.7. The van der Waals surface area contributed by atoms with E-state index in [1.807, 2.05) is 11.8 Å². The summed E-state index contributed by atoms with van der Waals surface area (Å²) in [5.74, 6) is 1.20. The monoisotopic (exact) mass is 314 g/mol. The van der Waals surface area contributed by atoms with Crippen LogP contribution in [0.15, 0.2) is 23.1 Å². The van der Waals surface area contributed by atoms with Crippen molar-refractivity contribution in [2.75, 3.05) is 11.1 Å². The Morgan fingerprint density at radius 1 is 1.18 bits per heavy atom. The number of benzene rings is 1. The van der Waals surface area contributed by atoms with Gasteiger partial charge in [0.2, 0.25) is 0 Å². The molecule has 1 aromatic rings. The van der Waals surface area contributed by atoms with Crippen molar-refractivity contribution < 1.29 is 0 Å². The van der Waals surface area contributed by atoms with Gasteiger partial charge >= 0.3 is 0 Å².